The van der Waals surface area contributed by atoms with Crippen LogP contribution in [0.2, 0.25) is 0 Å². The third-order valence-corrected chi connectivity index (χ3v) is 1.49. The van der Waals surface area contributed by atoms with Crippen molar-refractivity contribution in [3.8, 4) is 5.19 Å². The van der Waals surface area contributed by atoms with E-state index >= 15 is 0 Å². The molecule has 0 saturated heterocycles. The van der Waals surface area contributed by atoms with Crippen LogP contribution in [0, 0.1) is 5.95 Å². The maximum Gasteiger partial charge on any atom is 0.276 e. The maximum absolute atomic E-state index is 12.2. The number of aromatic nitrogens is 1. The molecule has 0 atom stereocenters. The Labute approximate surface area is 62.7 Å². The number of nitrogens with zero attached hydrogens (tertiary/aromatic N) is 1. The van der Waals surface area contributed by atoms with Gasteiger partial charge in [-0.05, 0) is 13.8 Å². The molecule has 1 heterocycles. The Morgan fingerprint density at radius 3 is 2.80 bits per heavy atom. The van der Waals surface area contributed by atoms with Gasteiger partial charge in [-0.1, -0.05) is 11.3 Å². The average molecular weight is 161 g/mol. The van der Waals surface area contributed by atoms with Gasteiger partial charge in [-0.15, -0.1) is 0 Å². The minimum Gasteiger partial charge on any atom is -0.467 e. The van der Waals surface area contributed by atoms with Gasteiger partial charge < -0.3 is 4.74 Å². The summed E-state index contributed by atoms with van der Waals surface area (Å²) in [5.74, 6) is -0.472. The molecule has 2 nitrogen and oxygen atoms in total. The van der Waals surface area contributed by atoms with Gasteiger partial charge in [0.1, 0.15) is 0 Å². The quantitative estimate of drug-likeness (QED) is 0.662. The predicted molar refractivity (Wildman–Crippen MR) is 37.8 cm³/mol. The first-order valence-electron chi connectivity index (χ1n) is 2.96. The summed E-state index contributed by atoms with van der Waals surface area (Å²) in [6.07, 6.45) is 0.0607. The first kappa shape index (κ1) is 7.47. The second kappa shape index (κ2) is 2.96. The monoisotopic (exact) mass is 161 g/mol. The van der Waals surface area contributed by atoms with Gasteiger partial charge in [-0.3, -0.25) is 0 Å². The molecule has 0 aliphatic carbocycles. The Hall–Kier alpha value is -0.640. The third-order valence-electron chi connectivity index (χ3n) is 0.792. The smallest absolute Gasteiger partial charge is 0.276 e. The second-order valence-corrected chi connectivity index (χ2v) is 2.92. The molecule has 56 valence electrons. The van der Waals surface area contributed by atoms with Crippen LogP contribution in [0.5, 0.6) is 5.19 Å². The number of hydrogen-bond acceptors (Lipinski definition) is 3. The first-order valence-corrected chi connectivity index (χ1v) is 3.84. The van der Waals surface area contributed by atoms with Crippen LogP contribution in [0.3, 0.4) is 0 Å². The van der Waals surface area contributed by atoms with Crippen LogP contribution in [-0.4, -0.2) is 11.1 Å². The molecule has 4 heteroatoms. The zero-order valence-electron chi connectivity index (χ0n) is 5.80. The molecule has 1 rings (SSSR count). The fourth-order valence-corrected chi connectivity index (χ4v) is 1.13. The SMILES string of the molecule is CC(C)Oc1nc(F)cs1. The number of rotatable bonds is 2. The van der Waals surface area contributed by atoms with Gasteiger partial charge in [0.25, 0.3) is 5.19 Å². The van der Waals surface area contributed by atoms with Crippen molar-refractivity contribution >= 4 is 11.3 Å². The minimum atomic E-state index is -0.472. The standard InChI is InChI=1S/C6H8FNOS/c1-4(2)9-6-8-5(7)3-10-6/h3-4H,1-2H3. The van der Waals surface area contributed by atoms with E-state index in [9.17, 15) is 4.39 Å². The zero-order chi connectivity index (χ0) is 7.56. The van der Waals surface area contributed by atoms with Gasteiger partial charge in [0.05, 0.1) is 11.5 Å². The van der Waals surface area contributed by atoms with E-state index in [1.54, 1.807) is 0 Å². The molecule has 0 bridgehead atoms. The van der Waals surface area contributed by atoms with Crippen LogP contribution in [0.4, 0.5) is 4.39 Å². The van der Waals surface area contributed by atoms with E-state index in [4.69, 9.17) is 4.74 Å². The van der Waals surface area contributed by atoms with Gasteiger partial charge in [0, 0.05) is 0 Å². The van der Waals surface area contributed by atoms with E-state index in [0.717, 1.165) is 0 Å². The Balaban J connectivity index is 2.58. The summed E-state index contributed by atoms with van der Waals surface area (Å²) in [5.41, 5.74) is 0. The molecular weight excluding hydrogens is 153 g/mol. The molecule has 10 heavy (non-hydrogen) atoms. The summed E-state index contributed by atoms with van der Waals surface area (Å²) < 4.78 is 17.3. The molecule has 0 aliphatic heterocycles. The van der Waals surface area contributed by atoms with Crippen LogP contribution in [0.1, 0.15) is 13.8 Å². The molecule has 0 aromatic carbocycles. The molecule has 0 saturated carbocycles. The summed E-state index contributed by atoms with van der Waals surface area (Å²) >= 11 is 1.17. The molecule has 0 amide bonds. The number of thiazole rings is 1. The van der Waals surface area contributed by atoms with E-state index < -0.39 is 5.95 Å². The van der Waals surface area contributed by atoms with Crippen molar-refractivity contribution in [2.45, 2.75) is 20.0 Å². The van der Waals surface area contributed by atoms with Crippen molar-refractivity contribution < 1.29 is 9.13 Å². The molecule has 0 spiro atoms. The highest BCUT2D eigenvalue weighted by atomic mass is 32.1. The van der Waals surface area contributed by atoms with Crippen molar-refractivity contribution in [2.75, 3.05) is 0 Å². The molecule has 1 aromatic heterocycles. The highest BCUT2D eigenvalue weighted by Gasteiger charge is 2.02. The van der Waals surface area contributed by atoms with Crippen molar-refractivity contribution in [1.82, 2.24) is 4.98 Å². The van der Waals surface area contributed by atoms with Gasteiger partial charge in [0.2, 0.25) is 5.95 Å². The maximum atomic E-state index is 12.2. The molecule has 1 aromatic rings. The molecule has 0 radical (unpaired) electrons. The Morgan fingerprint density at radius 2 is 2.40 bits per heavy atom. The van der Waals surface area contributed by atoms with Crippen molar-refractivity contribution in [1.29, 1.82) is 0 Å². The van der Waals surface area contributed by atoms with Gasteiger partial charge in [0.15, 0.2) is 0 Å². The lowest BCUT2D eigenvalue weighted by atomic mass is 10.5. The van der Waals surface area contributed by atoms with Crippen molar-refractivity contribution in [3.05, 3.63) is 11.3 Å². The topological polar surface area (TPSA) is 22.1 Å². The van der Waals surface area contributed by atoms with E-state index in [0.29, 0.717) is 5.19 Å². The fraction of sp³-hybridized carbons (Fsp3) is 0.500. The van der Waals surface area contributed by atoms with E-state index in [1.165, 1.54) is 16.7 Å². The van der Waals surface area contributed by atoms with Gasteiger partial charge >= 0.3 is 0 Å². The summed E-state index contributed by atoms with van der Waals surface area (Å²) in [4.78, 5) is 3.48. The molecule has 0 unspecified atom stereocenters. The number of ether oxygens (including phenoxy) is 1. The summed E-state index contributed by atoms with van der Waals surface area (Å²) in [6.45, 7) is 3.75. The summed E-state index contributed by atoms with van der Waals surface area (Å²) in [7, 11) is 0. The fourth-order valence-electron chi connectivity index (χ4n) is 0.495. The average Bonchev–Trinajstić information content (AvgIpc) is 2.13. The van der Waals surface area contributed by atoms with E-state index in [2.05, 4.69) is 4.98 Å². The summed E-state index contributed by atoms with van der Waals surface area (Å²) in [5, 5.41) is 1.71. The lowest BCUT2D eigenvalue weighted by Crippen LogP contribution is -2.04. The lowest BCUT2D eigenvalue weighted by Gasteiger charge is -2.03. The van der Waals surface area contributed by atoms with Crippen LogP contribution in [-0.2, 0) is 0 Å². The van der Waals surface area contributed by atoms with Crippen LogP contribution in [0.25, 0.3) is 0 Å². The number of halogens is 1. The lowest BCUT2D eigenvalue weighted by molar-refractivity contribution is 0.239. The second-order valence-electron chi connectivity index (χ2n) is 2.10. The first-order chi connectivity index (χ1) is 4.68. The van der Waals surface area contributed by atoms with Crippen LogP contribution >= 0.6 is 11.3 Å². The largest absolute Gasteiger partial charge is 0.467 e. The highest BCUT2D eigenvalue weighted by molar-refractivity contribution is 7.11. The highest BCUT2D eigenvalue weighted by Crippen LogP contribution is 2.17. The Bertz CT molecular complexity index is 211. The van der Waals surface area contributed by atoms with Crippen LogP contribution in [0.15, 0.2) is 5.38 Å². The van der Waals surface area contributed by atoms with E-state index in [-0.39, 0.29) is 6.10 Å². The molecule has 0 aliphatic rings. The molecule has 0 fully saturated rings. The summed E-state index contributed by atoms with van der Waals surface area (Å²) in [6, 6.07) is 0. The Morgan fingerprint density at radius 1 is 1.70 bits per heavy atom. The molecule has 0 N–H and O–H groups in total. The van der Waals surface area contributed by atoms with Crippen LogP contribution < -0.4 is 4.74 Å². The zero-order valence-corrected chi connectivity index (χ0v) is 6.61. The van der Waals surface area contributed by atoms with Gasteiger partial charge in [-0.2, -0.15) is 9.37 Å². The van der Waals surface area contributed by atoms with Crippen molar-refractivity contribution in [2.24, 2.45) is 0 Å². The minimum absolute atomic E-state index is 0.0607. The molecular formula is C6H8FNOS. The Kier molecular flexibility index (Phi) is 2.21. The van der Waals surface area contributed by atoms with Gasteiger partial charge in [-0.25, -0.2) is 0 Å². The van der Waals surface area contributed by atoms with E-state index in [1.807, 2.05) is 13.8 Å². The number of hydrogen-bond donors (Lipinski definition) is 0. The van der Waals surface area contributed by atoms with Crippen molar-refractivity contribution in [3.63, 3.8) is 0 Å². The predicted octanol–water partition coefficient (Wildman–Crippen LogP) is 2.07. The normalized spacial score (nSPS) is 10.4. The third kappa shape index (κ3) is 1.95.